The number of hydrogen-bond acceptors (Lipinski definition) is 4. The van der Waals surface area contributed by atoms with Crippen molar-refractivity contribution < 1.29 is 8.78 Å². The molecule has 0 fully saturated rings. The summed E-state index contributed by atoms with van der Waals surface area (Å²) < 4.78 is 29.1. The van der Waals surface area contributed by atoms with E-state index in [9.17, 15) is 8.78 Å². The van der Waals surface area contributed by atoms with Crippen molar-refractivity contribution in [2.45, 2.75) is 0 Å². The first-order valence-corrected chi connectivity index (χ1v) is 8.49. The number of anilines is 1. The SMILES string of the molecule is CNc1nc(-c2cccnc2)nc2c(F)cc(-c3cc(Cl)ccc3F)cc12. The topological polar surface area (TPSA) is 50.7 Å². The number of benzene rings is 2. The summed E-state index contributed by atoms with van der Waals surface area (Å²) >= 11 is 5.97. The zero-order chi connectivity index (χ0) is 19.0. The predicted octanol–water partition coefficient (Wildman–Crippen LogP) is 5.33. The Morgan fingerprint density at radius 2 is 1.81 bits per heavy atom. The highest BCUT2D eigenvalue weighted by Gasteiger charge is 2.16. The molecule has 0 saturated heterocycles. The van der Waals surface area contributed by atoms with Crippen molar-refractivity contribution in [3.63, 3.8) is 0 Å². The second kappa shape index (κ2) is 6.89. The van der Waals surface area contributed by atoms with Crippen LogP contribution in [0.3, 0.4) is 0 Å². The van der Waals surface area contributed by atoms with E-state index in [0.29, 0.717) is 33.2 Å². The lowest BCUT2D eigenvalue weighted by molar-refractivity contribution is 0.628. The standard InChI is InChI=1S/C20H13ClF2N4/c1-24-20-15-7-12(14-9-13(21)4-5-16(14)22)8-17(23)18(15)26-19(27-20)11-3-2-6-25-10-11/h2-10H,1H3,(H,24,26,27). The van der Waals surface area contributed by atoms with E-state index < -0.39 is 11.6 Å². The summed E-state index contributed by atoms with van der Waals surface area (Å²) in [4.78, 5) is 12.8. The van der Waals surface area contributed by atoms with Gasteiger partial charge in [0.25, 0.3) is 0 Å². The molecule has 0 spiro atoms. The highest BCUT2D eigenvalue weighted by Crippen LogP contribution is 2.33. The molecule has 27 heavy (non-hydrogen) atoms. The highest BCUT2D eigenvalue weighted by molar-refractivity contribution is 6.30. The molecule has 2 heterocycles. The van der Waals surface area contributed by atoms with Crippen LogP contribution < -0.4 is 5.32 Å². The molecule has 4 aromatic rings. The molecular weight excluding hydrogens is 370 g/mol. The van der Waals surface area contributed by atoms with E-state index in [1.165, 1.54) is 24.3 Å². The molecule has 0 aliphatic heterocycles. The Morgan fingerprint density at radius 3 is 2.56 bits per heavy atom. The average molecular weight is 383 g/mol. The predicted molar refractivity (Wildman–Crippen MR) is 103 cm³/mol. The van der Waals surface area contributed by atoms with Gasteiger partial charge in [0.15, 0.2) is 5.82 Å². The molecule has 7 heteroatoms. The Labute approximate surface area is 158 Å². The number of halogens is 3. The summed E-state index contributed by atoms with van der Waals surface area (Å²) in [5, 5.41) is 3.76. The summed E-state index contributed by atoms with van der Waals surface area (Å²) in [6, 6.07) is 10.6. The van der Waals surface area contributed by atoms with Crippen molar-refractivity contribution in [1.82, 2.24) is 15.0 Å². The molecule has 2 aromatic carbocycles. The van der Waals surface area contributed by atoms with Gasteiger partial charge in [-0.1, -0.05) is 11.6 Å². The van der Waals surface area contributed by atoms with E-state index in [4.69, 9.17) is 11.6 Å². The summed E-state index contributed by atoms with van der Waals surface area (Å²) in [5.41, 5.74) is 1.37. The number of hydrogen-bond donors (Lipinski definition) is 1. The minimum atomic E-state index is -0.578. The monoisotopic (exact) mass is 382 g/mol. The lowest BCUT2D eigenvalue weighted by atomic mass is 10.0. The molecule has 0 radical (unpaired) electrons. The maximum Gasteiger partial charge on any atom is 0.163 e. The summed E-state index contributed by atoms with van der Waals surface area (Å²) in [7, 11) is 1.68. The van der Waals surface area contributed by atoms with Crippen LogP contribution in [0.15, 0.2) is 54.9 Å². The van der Waals surface area contributed by atoms with E-state index in [1.54, 1.807) is 37.6 Å². The minimum absolute atomic E-state index is 0.138. The van der Waals surface area contributed by atoms with Crippen molar-refractivity contribution in [3.05, 3.63) is 71.5 Å². The van der Waals surface area contributed by atoms with Crippen LogP contribution in [0.25, 0.3) is 33.4 Å². The molecule has 134 valence electrons. The Bertz CT molecular complexity index is 1150. The zero-order valence-corrected chi connectivity index (χ0v) is 14.9. The highest BCUT2D eigenvalue weighted by atomic mass is 35.5. The first-order valence-electron chi connectivity index (χ1n) is 8.11. The molecule has 4 rings (SSSR count). The van der Waals surface area contributed by atoms with Crippen LogP contribution in [0.2, 0.25) is 5.02 Å². The van der Waals surface area contributed by atoms with Crippen molar-refractivity contribution in [3.8, 4) is 22.5 Å². The Hall–Kier alpha value is -3.12. The van der Waals surface area contributed by atoms with Gasteiger partial charge in [0.05, 0.1) is 0 Å². The van der Waals surface area contributed by atoms with Gasteiger partial charge in [-0.05, 0) is 48.0 Å². The largest absolute Gasteiger partial charge is 0.373 e. The van der Waals surface area contributed by atoms with E-state index >= 15 is 0 Å². The molecule has 0 atom stereocenters. The van der Waals surface area contributed by atoms with E-state index in [0.717, 1.165) is 0 Å². The molecule has 0 unspecified atom stereocenters. The average Bonchev–Trinajstić information content (AvgIpc) is 2.69. The fraction of sp³-hybridized carbons (Fsp3) is 0.0500. The van der Waals surface area contributed by atoms with Crippen LogP contribution in [-0.2, 0) is 0 Å². The van der Waals surface area contributed by atoms with Gasteiger partial charge in [-0.15, -0.1) is 0 Å². The quantitative estimate of drug-likeness (QED) is 0.520. The fourth-order valence-electron chi connectivity index (χ4n) is 2.88. The lowest BCUT2D eigenvalue weighted by Gasteiger charge is -2.11. The lowest BCUT2D eigenvalue weighted by Crippen LogP contribution is -2.01. The summed E-state index contributed by atoms with van der Waals surface area (Å²) in [6.45, 7) is 0. The molecule has 0 aliphatic rings. The maximum absolute atomic E-state index is 14.9. The molecule has 1 N–H and O–H groups in total. The number of rotatable bonds is 3. The third kappa shape index (κ3) is 3.19. The Morgan fingerprint density at radius 1 is 0.963 bits per heavy atom. The number of nitrogens with one attached hydrogen (secondary N) is 1. The molecular formula is C20H13ClF2N4. The maximum atomic E-state index is 14.9. The summed E-state index contributed by atoms with van der Waals surface area (Å²) in [5.74, 6) is -0.287. The van der Waals surface area contributed by atoms with Gasteiger partial charge in [0, 0.05) is 41.0 Å². The number of fused-ring (bicyclic) bond motifs is 1. The van der Waals surface area contributed by atoms with Gasteiger partial charge >= 0.3 is 0 Å². The number of aromatic nitrogens is 3. The van der Waals surface area contributed by atoms with Crippen LogP contribution in [0, 0.1) is 11.6 Å². The number of nitrogens with zero attached hydrogens (tertiary/aromatic N) is 3. The van der Waals surface area contributed by atoms with Crippen LogP contribution in [-0.4, -0.2) is 22.0 Å². The van der Waals surface area contributed by atoms with Crippen molar-refractivity contribution >= 4 is 28.3 Å². The normalized spacial score (nSPS) is 11.0. The van der Waals surface area contributed by atoms with Crippen LogP contribution in [0.1, 0.15) is 0 Å². The number of pyridine rings is 1. The van der Waals surface area contributed by atoms with Gasteiger partial charge < -0.3 is 5.32 Å². The van der Waals surface area contributed by atoms with Crippen molar-refractivity contribution in [2.24, 2.45) is 0 Å². The molecule has 0 bridgehead atoms. The third-order valence-electron chi connectivity index (χ3n) is 4.15. The van der Waals surface area contributed by atoms with Crippen LogP contribution in [0.4, 0.5) is 14.6 Å². The molecule has 0 amide bonds. The van der Waals surface area contributed by atoms with Crippen molar-refractivity contribution in [2.75, 3.05) is 12.4 Å². The molecule has 2 aromatic heterocycles. The van der Waals surface area contributed by atoms with Crippen LogP contribution in [0.5, 0.6) is 0 Å². The first kappa shape index (κ1) is 17.3. The molecule has 0 saturated carbocycles. The Balaban J connectivity index is 1.96. The van der Waals surface area contributed by atoms with Gasteiger partial charge in [-0.25, -0.2) is 18.7 Å². The second-order valence-corrected chi connectivity index (χ2v) is 6.30. The van der Waals surface area contributed by atoms with E-state index in [-0.39, 0.29) is 11.1 Å². The van der Waals surface area contributed by atoms with Crippen molar-refractivity contribution in [1.29, 1.82) is 0 Å². The molecule has 0 aliphatic carbocycles. The van der Waals surface area contributed by atoms with Gasteiger partial charge in [-0.3, -0.25) is 4.98 Å². The third-order valence-corrected chi connectivity index (χ3v) is 4.38. The van der Waals surface area contributed by atoms with E-state index in [1.807, 2.05) is 0 Å². The van der Waals surface area contributed by atoms with Gasteiger partial charge in [-0.2, -0.15) is 0 Å². The van der Waals surface area contributed by atoms with Gasteiger partial charge in [0.2, 0.25) is 0 Å². The second-order valence-electron chi connectivity index (χ2n) is 5.87. The summed E-state index contributed by atoms with van der Waals surface area (Å²) in [6.07, 6.45) is 3.24. The van der Waals surface area contributed by atoms with Gasteiger partial charge in [0.1, 0.15) is 23.0 Å². The van der Waals surface area contributed by atoms with Crippen LogP contribution >= 0.6 is 11.6 Å². The Kier molecular flexibility index (Phi) is 4.41. The smallest absolute Gasteiger partial charge is 0.163 e. The fourth-order valence-corrected chi connectivity index (χ4v) is 3.05. The van der Waals surface area contributed by atoms with E-state index in [2.05, 4.69) is 20.3 Å². The zero-order valence-electron chi connectivity index (χ0n) is 14.2. The first-order chi connectivity index (χ1) is 13.1. The minimum Gasteiger partial charge on any atom is -0.373 e. The molecule has 4 nitrogen and oxygen atoms in total.